The standard InChI is InChI=1S/C21H21F3N4O5/c1-12(33-17(30)11-27-21(32)26-9-13-5-3-2-4-6-13)20(31)25-10-16(29)28-15-8-7-14(22)18(23)19(15)24/h2-8,12H,9-11H2,1H3,(H,25,31)(H,28,29)(H2,26,27,32). The minimum Gasteiger partial charge on any atom is -0.451 e. The Kier molecular flexibility index (Phi) is 9.21. The lowest BCUT2D eigenvalue weighted by Crippen LogP contribution is -2.43. The summed E-state index contributed by atoms with van der Waals surface area (Å²) in [7, 11) is 0. The van der Waals surface area contributed by atoms with Crippen molar-refractivity contribution in [3.8, 4) is 0 Å². The number of hydrogen-bond donors (Lipinski definition) is 4. The van der Waals surface area contributed by atoms with Crippen molar-refractivity contribution < 1.29 is 37.1 Å². The third-order valence-electron chi connectivity index (χ3n) is 4.10. The molecule has 0 fully saturated rings. The molecule has 2 rings (SSSR count). The number of rotatable bonds is 9. The monoisotopic (exact) mass is 466 g/mol. The molecule has 0 aliphatic carbocycles. The van der Waals surface area contributed by atoms with Crippen molar-refractivity contribution in [3.05, 3.63) is 65.5 Å². The van der Waals surface area contributed by atoms with E-state index in [1.165, 1.54) is 6.92 Å². The van der Waals surface area contributed by atoms with E-state index in [9.17, 15) is 32.3 Å². The van der Waals surface area contributed by atoms with Gasteiger partial charge in [0, 0.05) is 6.54 Å². The van der Waals surface area contributed by atoms with E-state index in [0.29, 0.717) is 6.07 Å². The average Bonchev–Trinajstić information content (AvgIpc) is 2.80. The molecule has 0 spiro atoms. The van der Waals surface area contributed by atoms with Gasteiger partial charge in [-0.15, -0.1) is 0 Å². The van der Waals surface area contributed by atoms with Crippen LogP contribution in [-0.4, -0.2) is 43.0 Å². The molecule has 0 saturated carbocycles. The summed E-state index contributed by atoms with van der Waals surface area (Å²) >= 11 is 0. The molecular weight excluding hydrogens is 445 g/mol. The molecule has 12 heteroatoms. The molecular formula is C21H21F3N4O5. The Morgan fingerprint density at radius 1 is 0.879 bits per heavy atom. The first kappa shape index (κ1) is 25.2. The highest BCUT2D eigenvalue weighted by Gasteiger charge is 2.20. The van der Waals surface area contributed by atoms with Crippen LogP contribution in [0.3, 0.4) is 0 Å². The molecule has 2 aromatic rings. The van der Waals surface area contributed by atoms with Crippen molar-refractivity contribution in [3.63, 3.8) is 0 Å². The molecule has 1 atom stereocenters. The minimum atomic E-state index is -1.75. The predicted octanol–water partition coefficient (Wildman–Crippen LogP) is 1.59. The van der Waals surface area contributed by atoms with Crippen LogP contribution in [0, 0.1) is 17.5 Å². The Balaban J connectivity index is 1.68. The number of ether oxygens (including phenoxy) is 1. The van der Waals surface area contributed by atoms with E-state index in [1.807, 2.05) is 35.6 Å². The highest BCUT2D eigenvalue weighted by Crippen LogP contribution is 2.19. The van der Waals surface area contributed by atoms with Crippen molar-refractivity contribution in [2.45, 2.75) is 19.6 Å². The van der Waals surface area contributed by atoms with Crippen LogP contribution < -0.4 is 21.3 Å². The lowest BCUT2D eigenvalue weighted by molar-refractivity contribution is -0.153. The van der Waals surface area contributed by atoms with Crippen molar-refractivity contribution in [1.29, 1.82) is 0 Å². The van der Waals surface area contributed by atoms with Gasteiger partial charge in [0.1, 0.15) is 6.54 Å². The first-order valence-corrected chi connectivity index (χ1v) is 9.63. The second-order valence-corrected chi connectivity index (χ2v) is 6.64. The Hall–Kier alpha value is -4.09. The van der Waals surface area contributed by atoms with Crippen LogP contribution in [0.1, 0.15) is 12.5 Å². The Labute approximate surface area is 186 Å². The van der Waals surface area contributed by atoms with Crippen LogP contribution in [0.4, 0.5) is 23.7 Å². The molecule has 4 amide bonds. The topological polar surface area (TPSA) is 126 Å². The minimum absolute atomic E-state index is 0.247. The predicted molar refractivity (Wildman–Crippen MR) is 110 cm³/mol. The van der Waals surface area contributed by atoms with Gasteiger partial charge in [-0.05, 0) is 24.6 Å². The second-order valence-electron chi connectivity index (χ2n) is 6.64. The fourth-order valence-corrected chi connectivity index (χ4v) is 2.41. The van der Waals surface area contributed by atoms with Crippen molar-refractivity contribution in [2.24, 2.45) is 0 Å². The normalized spacial score (nSPS) is 11.2. The van der Waals surface area contributed by atoms with E-state index in [0.717, 1.165) is 11.6 Å². The lowest BCUT2D eigenvalue weighted by Gasteiger charge is -2.14. The Morgan fingerprint density at radius 3 is 2.27 bits per heavy atom. The maximum Gasteiger partial charge on any atom is 0.326 e. The number of carbonyl (C=O) groups is 4. The van der Waals surface area contributed by atoms with Gasteiger partial charge in [0.05, 0.1) is 12.2 Å². The number of esters is 1. The van der Waals surface area contributed by atoms with Gasteiger partial charge in [0.15, 0.2) is 23.6 Å². The Morgan fingerprint density at radius 2 is 1.58 bits per heavy atom. The smallest absolute Gasteiger partial charge is 0.326 e. The zero-order valence-corrected chi connectivity index (χ0v) is 17.4. The molecule has 0 radical (unpaired) electrons. The molecule has 9 nitrogen and oxygen atoms in total. The maximum atomic E-state index is 13.5. The number of urea groups is 1. The fraction of sp³-hybridized carbons (Fsp3) is 0.238. The quantitative estimate of drug-likeness (QED) is 0.330. The van der Waals surface area contributed by atoms with E-state index in [4.69, 9.17) is 4.74 Å². The SMILES string of the molecule is CC(OC(=O)CNC(=O)NCc1ccccc1)C(=O)NCC(=O)Nc1ccc(F)c(F)c1F. The largest absolute Gasteiger partial charge is 0.451 e. The Bertz CT molecular complexity index is 1020. The lowest BCUT2D eigenvalue weighted by atomic mass is 10.2. The molecule has 1 unspecified atom stereocenters. The summed E-state index contributed by atoms with van der Waals surface area (Å²) in [6.45, 7) is 0.320. The third kappa shape index (κ3) is 8.16. The van der Waals surface area contributed by atoms with Gasteiger partial charge < -0.3 is 26.0 Å². The van der Waals surface area contributed by atoms with Gasteiger partial charge in [-0.1, -0.05) is 30.3 Å². The zero-order valence-electron chi connectivity index (χ0n) is 17.4. The molecule has 4 N–H and O–H groups in total. The number of carbonyl (C=O) groups excluding carboxylic acids is 4. The van der Waals surface area contributed by atoms with Crippen molar-refractivity contribution >= 4 is 29.5 Å². The van der Waals surface area contributed by atoms with E-state index >= 15 is 0 Å². The summed E-state index contributed by atoms with van der Waals surface area (Å²) in [6, 6.07) is 9.90. The molecule has 0 aliphatic heterocycles. The summed E-state index contributed by atoms with van der Waals surface area (Å²) in [4.78, 5) is 47.2. The molecule has 33 heavy (non-hydrogen) atoms. The number of anilines is 1. The summed E-state index contributed by atoms with van der Waals surface area (Å²) < 4.78 is 44.5. The maximum absolute atomic E-state index is 13.5. The fourth-order valence-electron chi connectivity index (χ4n) is 2.41. The molecule has 0 saturated heterocycles. The summed E-state index contributed by atoms with van der Waals surface area (Å²) in [5, 5.41) is 8.93. The summed E-state index contributed by atoms with van der Waals surface area (Å²) in [5.74, 6) is -7.43. The highest BCUT2D eigenvalue weighted by atomic mass is 19.2. The van der Waals surface area contributed by atoms with Crippen LogP contribution in [0.15, 0.2) is 42.5 Å². The second kappa shape index (κ2) is 12.1. The van der Waals surface area contributed by atoms with Crippen molar-refractivity contribution in [2.75, 3.05) is 18.4 Å². The molecule has 2 aromatic carbocycles. The molecule has 0 heterocycles. The molecule has 0 bridgehead atoms. The van der Waals surface area contributed by atoms with Crippen LogP contribution in [0.2, 0.25) is 0 Å². The van der Waals surface area contributed by atoms with Crippen LogP contribution >= 0.6 is 0 Å². The van der Waals surface area contributed by atoms with Gasteiger partial charge in [0.2, 0.25) is 5.91 Å². The van der Waals surface area contributed by atoms with E-state index in [1.54, 1.807) is 0 Å². The number of amides is 4. The van der Waals surface area contributed by atoms with Gasteiger partial charge in [0.25, 0.3) is 5.91 Å². The first-order chi connectivity index (χ1) is 15.7. The molecule has 0 aliphatic rings. The summed E-state index contributed by atoms with van der Waals surface area (Å²) in [6.07, 6.45) is -1.31. The molecule has 0 aromatic heterocycles. The number of halogens is 3. The van der Waals surface area contributed by atoms with E-state index in [-0.39, 0.29) is 6.54 Å². The van der Waals surface area contributed by atoms with Gasteiger partial charge >= 0.3 is 12.0 Å². The van der Waals surface area contributed by atoms with Gasteiger partial charge in [-0.3, -0.25) is 14.4 Å². The first-order valence-electron chi connectivity index (χ1n) is 9.63. The number of nitrogens with one attached hydrogen (secondary N) is 4. The number of hydrogen-bond acceptors (Lipinski definition) is 5. The van der Waals surface area contributed by atoms with Crippen LogP contribution in [0.25, 0.3) is 0 Å². The van der Waals surface area contributed by atoms with Crippen LogP contribution in [-0.2, 0) is 25.7 Å². The summed E-state index contributed by atoms with van der Waals surface area (Å²) in [5.41, 5.74) is 0.251. The highest BCUT2D eigenvalue weighted by molar-refractivity contribution is 5.95. The zero-order chi connectivity index (χ0) is 24.4. The molecule has 176 valence electrons. The van der Waals surface area contributed by atoms with E-state index in [2.05, 4.69) is 16.0 Å². The van der Waals surface area contributed by atoms with Gasteiger partial charge in [-0.25, -0.2) is 18.0 Å². The van der Waals surface area contributed by atoms with E-state index < -0.39 is 66.1 Å². The van der Waals surface area contributed by atoms with Crippen LogP contribution in [0.5, 0.6) is 0 Å². The van der Waals surface area contributed by atoms with Gasteiger partial charge in [-0.2, -0.15) is 0 Å². The third-order valence-corrected chi connectivity index (χ3v) is 4.10. The average molecular weight is 466 g/mol. The van der Waals surface area contributed by atoms with Crippen molar-refractivity contribution in [1.82, 2.24) is 16.0 Å². The number of benzene rings is 2.